The SMILES string of the molecule is CN1CCN(Cc2ccc(CCC(C)(C)O)cc2)CC1. The molecule has 0 amide bonds. The summed E-state index contributed by atoms with van der Waals surface area (Å²) in [7, 11) is 2.19. The Balaban J connectivity index is 1.82. The summed E-state index contributed by atoms with van der Waals surface area (Å²) in [6.07, 6.45) is 1.75. The fraction of sp³-hybridized carbons (Fsp3) is 0.647. The van der Waals surface area contributed by atoms with E-state index in [0.717, 1.165) is 32.5 Å². The lowest BCUT2D eigenvalue weighted by molar-refractivity contribution is 0.0714. The Morgan fingerprint density at radius 2 is 1.55 bits per heavy atom. The summed E-state index contributed by atoms with van der Waals surface area (Å²) in [5, 5.41) is 9.76. The minimum Gasteiger partial charge on any atom is -0.390 e. The predicted octanol–water partition coefficient (Wildman–Crippen LogP) is 2.14. The van der Waals surface area contributed by atoms with Crippen LogP contribution in [0, 0.1) is 0 Å². The van der Waals surface area contributed by atoms with Gasteiger partial charge in [-0.15, -0.1) is 0 Å². The number of rotatable bonds is 5. The second kappa shape index (κ2) is 6.70. The van der Waals surface area contributed by atoms with Gasteiger partial charge in [0, 0.05) is 32.7 Å². The lowest BCUT2D eigenvalue weighted by Crippen LogP contribution is -2.43. The highest BCUT2D eigenvalue weighted by molar-refractivity contribution is 5.22. The van der Waals surface area contributed by atoms with Crippen molar-refractivity contribution in [2.24, 2.45) is 0 Å². The van der Waals surface area contributed by atoms with Crippen molar-refractivity contribution in [3.63, 3.8) is 0 Å². The molecule has 3 nitrogen and oxygen atoms in total. The van der Waals surface area contributed by atoms with Gasteiger partial charge in [0.05, 0.1) is 5.60 Å². The fourth-order valence-electron chi connectivity index (χ4n) is 2.53. The quantitative estimate of drug-likeness (QED) is 0.892. The van der Waals surface area contributed by atoms with E-state index in [-0.39, 0.29) is 0 Å². The van der Waals surface area contributed by atoms with Crippen LogP contribution in [0.5, 0.6) is 0 Å². The zero-order chi connectivity index (χ0) is 14.6. The number of aliphatic hydroxyl groups is 1. The first-order valence-electron chi connectivity index (χ1n) is 7.63. The summed E-state index contributed by atoms with van der Waals surface area (Å²) in [5.41, 5.74) is 2.13. The molecule has 2 rings (SSSR count). The second-order valence-electron chi connectivity index (χ2n) is 6.71. The summed E-state index contributed by atoms with van der Waals surface area (Å²) in [6, 6.07) is 8.88. The van der Waals surface area contributed by atoms with Gasteiger partial charge < -0.3 is 10.0 Å². The molecule has 1 heterocycles. The fourth-order valence-corrected chi connectivity index (χ4v) is 2.53. The molecular formula is C17H28N2O. The molecule has 3 heteroatoms. The van der Waals surface area contributed by atoms with E-state index >= 15 is 0 Å². The van der Waals surface area contributed by atoms with Crippen LogP contribution in [-0.2, 0) is 13.0 Å². The Morgan fingerprint density at radius 1 is 1.00 bits per heavy atom. The molecule has 0 unspecified atom stereocenters. The molecule has 0 saturated carbocycles. The van der Waals surface area contributed by atoms with Gasteiger partial charge in [0.15, 0.2) is 0 Å². The summed E-state index contributed by atoms with van der Waals surface area (Å²) in [5.74, 6) is 0. The topological polar surface area (TPSA) is 26.7 Å². The Labute approximate surface area is 123 Å². The maximum Gasteiger partial charge on any atom is 0.0594 e. The third kappa shape index (κ3) is 5.23. The smallest absolute Gasteiger partial charge is 0.0594 e. The maximum absolute atomic E-state index is 9.76. The number of hydrogen-bond acceptors (Lipinski definition) is 3. The van der Waals surface area contributed by atoms with Crippen molar-refractivity contribution in [3.8, 4) is 0 Å². The normalized spacial score (nSPS) is 18.4. The van der Waals surface area contributed by atoms with Crippen molar-refractivity contribution in [3.05, 3.63) is 35.4 Å². The molecule has 1 aromatic rings. The van der Waals surface area contributed by atoms with Gasteiger partial charge in [-0.25, -0.2) is 0 Å². The van der Waals surface area contributed by atoms with Crippen LogP contribution in [0.1, 0.15) is 31.4 Å². The molecule has 0 bridgehead atoms. The zero-order valence-electron chi connectivity index (χ0n) is 13.1. The van der Waals surface area contributed by atoms with E-state index in [0.29, 0.717) is 0 Å². The summed E-state index contributed by atoms with van der Waals surface area (Å²) in [6.45, 7) is 9.46. The lowest BCUT2D eigenvalue weighted by Gasteiger charge is -2.32. The molecule has 0 spiro atoms. The van der Waals surface area contributed by atoms with Crippen molar-refractivity contribution < 1.29 is 5.11 Å². The van der Waals surface area contributed by atoms with Gasteiger partial charge in [-0.2, -0.15) is 0 Å². The molecule has 1 aliphatic rings. The van der Waals surface area contributed by atoms with Gasteiger partial charge in [0.2, 0.25) is 0 Å². The van der Waals surface area contributed by atoms with Crippen LogP contribution < -0.4 is 0 Å². The van der Waals surface area contributed by atoms with E-state index in [1.807, 2.05) is 13.8 Å². The first-order chi connectivity index (χ1) is 9.42. The van der Waals surface area contributed by atoms with Crippen molar-refractivity contribution in [2.45, 2.75) is 38.8 Å². The molecule has 1 aliphatic heterocycles. The predicted molar refractivity (Wildman–Crippen MR) is 83.8 cm³/mol. The molecular weight excluding hydrogens is 248 g/mol. The lowest BCUT2D eigenvalue weighted by atomic mass is 9.98. The average Bonchev–Trinajstić information content (AvgIpc) is 2.40. The second-order valence-corrected chi connectivity index (χ2v) is 6.71. The minimum atomic E-state index is -0.571. The van der Waals surface area contributed by atoms with Crippen LogP contribution in [0.3, 0.4) is 0 Å². The van der Waals surface area contributed by atoms with Crippen molar-refractivity contribution in [1.29, 1.82) is 0 Å². The van der Waals surface area contributed by atoms with E-state index in [1.165, 1.54) is 24.2 Å². The number of hydrogen-bond donors (Lipinski definition) is 1. The highest BCUT2D eigenvalue weighted by Crippen LogP contribution is 2.15. The molecule has 1 fully saturated rings. The molecule has 1 saturated heterocycles. The van der Waals surface area contributed by atoms with Crippen LogP contribution in [-0.4, -0.2) is 53.7 Å². The number of nitrogens with zero attached hydrogens (tertiary/aromatic N) is 2. The van der Waals surface area contributed by atoms with Gasteiger partial charge in [-0.3, -0.25) is 4.90 Å². The molecule has 20 heavy (non-hydrogen) atoms. The molecule has 0 aromatic heterocycles. The molecule has 1 aromatic carbocycles. The first kappa shape index (κ1) is 15.5. The maximum atomic E-state index is 9.76. The van der Waals surface area contributed by atoms with E-state index in [2.05, 4.69) is 41.1 Å². The largest absolute Gasteiger partial charge is 0.390 e. The number of aryl methyl sites for hydroxylation is 1. The minimum absolute atomic E-state index is 0.571. The molecule has 1 N–H and O–H groups in total. The third-order valence-electron chi connectivity index (χ3n) is 4.05. The molecule has 0 atom stereocenters. The third-order valence-corrected chi connectivity index (χ3v) is 4.05. The Bertz CT molecular complexity index is 400. The van der Waals surface area contributed by atoms with Crippen molar-refractivity contribution in [1.82, 2.24) is 9.80 Å². The standard InChI is InChI=1S/C17H28N2O/c1-17(2,20)9-8-15-4-6-16(7-5-15)14-19-12-10-18(3)11-13-19/h4-7,20H,8-14H2,1-3H3. The molecule has 0 radical (unpaired) electrons. The van der Waals surface area contributed by atoms with Crippen LogP contribution in [0.15, 0.2) is 24.3 Å². The average molecular weight is 276 g/mol. The van der Waals surface area contributed by atoms with Crippen LogP contribution in [0.25, 0.3) is 0 Å². The van der Waals surface area contributed by atoms with E-state index in [4.69, 9.17) is 0 Å². The van der Waals surface area contributed by atoms with E-state index < -0.39 is 5.60 Å². The Hall–Kier alpha value is -0.900. The summed E-state index contributed by atoms with van der Waals surface area (Å²) >= 11 is 0. The van der Waals surface area contributed by atoms with Crippen molar-refractivity contribution >= 4 is 0 Å². The van der Waals surface area contributed by atoms with Crippen LogP contribution in [0.4, 0.5) is 0 Å². The van der Waals surface area contributed by atoms with Crippen LogP contribution in [0.2, 0.25) is 0 Å². The first-order valence-corrected chi connectivity index (χ1v) is 7.63. The number of likely N-dealkylation sites (N-methyl/N-ethyl adjacent to an activating group) is 1. The van der Waals surface area contributed by atoms with E-state index in [1.54, 1.807) is 0 Å². The Kier molecular flexibility index (Phi) is 5.19. The Morgan fingerprint density at radius 3 is 2.10 bits per heavy atom. The van der Waals surface area contributed by atoms with Gasteiger partial charge in [-0.05, 0) is 44.9 Å². The monoisotopic (exact) mass is 276 g/mol. The number of piperazine rings is 1. The highest BCUT2D eigenvalue weighted by atomic mass is 16.3. The van der Waals surface area contributed by atoms with Gasteiger partial charge >= 0.3 is 0 Å². The number of benzene rings is 1. The molecule has 0 aliphatic carbocycles. The van der Waals surface area contributed by atoms with Gasteiger partial charge in [0.1, 0.15) is 0 Å². The highest BCUT2D eigenvalue weighted by Gasteiger charge is 2.14. The van der Waals surface area contributed by atoms with Gasteiger partial charge in [-0.1, -0.05) is 24.3 Å². The van der Waals surface area contributed by atoms with E-state index in [9.17, 15) is 5.11 Å². The van der Waals surface area contributed by atoms with Crippen LogP contribution >= 0.6 is 0 Å². The molecule has 112 valence electrons. The van der Waals surface area contributed by atoms with Crippen molar-refractivity contribution in [2.75, 3.05) is 33.2 Å². The summed E-state index contributed by atoms with van der Waals surface area (Å²) in [4.78, 5) is 4.90. The summed E-state index contributed by atoms with van der Waals surface area (Å²) < 4.78 is 0. The van der Waals surface area contributed by atoms with Gasteiger partial charge in [0.25, 0.3) is 0 Å². The zero-order valence-corrected chi connectivity index (χ0v) is 13.1.